The fourth-order valence-electron chi connectivity index (χ4n) is 2.52. The van der Waals surface area contributed by atoms with Crippen LogP contribution in [-0.2, 0) is 16.0 Å². The Morgan fingerprint density at radius 1 is 1.32 bits per heavy atom. The van der Waals surface area contributed by atoms with E-state index in [9.17, 15) is 20.1 Å². The summed E-state index contributed by atoms with van der Waals surface area (Å²) in [6.07, 6.45) is -4.35. The second-order valence-electron chi connectivity index (χ2n) is 5.43. The molecule has 5 atom stereocenters. The zero-order chi connectivity index (χ0) is 15.9. The van der Waals surface area contributed by atoms with E-state index in [4.69, 9.17) is 9.47 Å². The van der Waals surface area contributed by atoms with Crippen molar-refractivity contribution in [1.29, 1.82) is 0 Å². The molecular formula is C12H18N4O6. The van der Waals surface area contributed by atoms with Gasteiger partial charge >= 0.3 is 6.09 Å². The lowest BCUT2D eigenvalue weighted by Crippen LogP contribution is -2.54. The van der Waals surface area contributed by atoms with Gasteiger partial charge in [0.2, 0.25) is 0 Å². The molecular weight excluding hydrogens is 296 g/mol. The summed E-state index contributed by atoms with van der Waals surface area (Å²) in [6, 6.07) is 0. The zero-order valence-electron chi connectivity index (χ0n) is 11.9. The number of carbonyl (C=O) groups is 1. The minimum Gasteiger partial charge on any atom is -0.448 e. The van der Waals surface area contributed by atoms with Gasteiger partial charge < -0.3 is 24.8 Å². The van der Waals surface area contributed by atoms with Crippen LogP contribution in [0.5, 0.6) is 0 Å². The molecule has 3 rings (SSSR count). The van der Waals surface area contributed by atoms with Crippen LogP contribution in [0.2, 0.25) is 0 Å². The van der Waals surface area contributed by atoms with E-state index in [2.05, 4.69) is 10.3 Å². The molecule has 2 saturated heterocycles. The summed E-state index contributed by atoms with van der Waals surface area (Å²) in [6.45, 7) is 2.66. The fourth-order valence-corrected chi connectivity index (χ4v) is 2.52. The van der Waals surface area contributed by atoms with E-state index in [0.29, 0.717) is 18.8 Å². The van der Waals surface area contributed by atoms with Crippen molar-refractivity contribution in [3.05, 3.63) is 11.9 Å². The lowest BCUT2D eigenvalue weighted by atomic mass is 9.99. The Bertz CT molecular complexity index is 551. The van der Waals surface area contributed by atoms with Crippen LogP contribution in [0.3, 0.4) is 0 Å². The third-order valence-corrected chi connectivity index (χ3v) is 3.84. The number of amides is 1. The smallest absolute Gasteiger partial charge is 0.410 e. The summed E-state index contributed by atoms with van der Waals surface area (Å²) in [5.74, 6) is 0. The summed E-state index contributed by atoms with van der Waals surface area (Å²) in [4.78, 5) is 12.9. The SMILES string of the molecule is C[C@@H]1O[C@@H](n2cc(CN3CCOC3=O)nn2)[C@H](O)[C@H](O)[C@H]1O. The Morgan fingerprint density at radius 3 is 2.77 bits per heavy atom. The molecule has 122 valence electrons. The summed E-state index contributed by atoms with van der Waals surface area (Å²) >= 11 is 0. The minimum atomic E-state index is -1.34. The number of hydrogen-bond donors (Lipinski definition) is 3. The number of nitrogens with zero attached hydrogens (tertiary/aromatic N) is 4. The highest BCUT2D eigenvalue weighted by molar-refractivity contribution is 5.69. The molecule has 2 fully saturated rings. The van der Waals surface area contributed by atoms with Crippen LogP contribution in [-0.4, -0.2) is 78.9 Å². The number of hydrogen-bond acceptors (Lipinski definition) is 8. The van der Waals surface area contributed by atoms with Crippen LogP contribution in [0.25, 0.3) is 0 Å². The van der Waals surface area contributed by atoms with Crippen molar-refractivity contribution in [1.82, 2.24) is 19.9 Å². The first-order valence-corrected chi connectivity index (χ1v) is 6.99. The second-order valence-corrected chi connectivity index (χ2v) is 5.43. The van der Waals surface area contributed by atoms with E-state index in [-0.39, 0.29) is 6.54 Å². The molecule has 0 unspecified atom stereocenters. The van der Waals surface area contributed by atoms with Gasteiger partial charge in [-0.3, -0.25) is 4.90 Å². The summed E-state index contributed by atoms with van der Waals surface area (Å²) in [7, 11) is 0. The number of carbonyl (C=O) groups excluding carboxylic acids is 1. The van der Waals surface area contributed by atoms with Gasteiger partial charge in [0.05, 0.1) is 25.4 Å². The minimum absolute atomic E-state index is 0.238. The van der Waals surface area contributed by atoms with E-state index in [1.54, 1.807) is 6.92 Å². The number of aliphatic hydroxyl groups excluding tert-OH is 3. The van der Waals surface area contributed by atoms with Crippen molar-refractivity contribution >= 4 is 6.09 Å². The summed E-state index contributed by atoms with van der Waals surface area (Å²) in [5.41, 5.74) is 0.503. The van der Waals surface area contributed by atoms with Gasteiger partial charge in [0, 0.05) is 0 Å². The van der Waals surface area contributed by atoms with E-state index in [1.807, 2.05) is 0 Å². The van der Waals surface area contributed by atoms with Gasteiger partial charge in [-0.05, 0) is 6.92 Å². The Hall–Kier alpha value is -1.75. The fraction of sp³-hybridized carbons (Fsp3) is 0.750. The highest BCUT2D eigenvalue weighted by atomic mass is 16.6. The molecule has 1 aromatic rings. The molecule has 0 bridgehead atoms. The van der Waals surface area contributed by atoms with Crippen molar-refractivity contribution in [3.8, 4) is 0 Å². The largest absolute Gasteiger partial charge is 0.448 e. The molecule has 1 aromatic heterocycles. The van der Waals surface area contributed by atoms with Gasteiger partial charge in [-0.1, -0.05) is 5.21 Å². The van der Waals surface area contributed by atoms with Gasteiger partial charge in [0.1, 0.15) is 30.6 Å². The molecule has 2 aliphatic heterocycles. The van der Waals surface area contributed by atoms with Crippen molar-refractivity contribution in [3.63, 3.8) is 0 Å². The van der Waals surface area contributed by atoms with Crippen LogP contribution in [0.1, 0.15) is 18.8 Å². The van der Waals surface area contributed by atoms with Crippen molar-refractivity contribution in [2.24, 2.45) is 0 Å². The van der Waals surface area contributed by atoms with Gasteiger partial charge in [-0.25, -0.2) is 9.48 Å². The highest BCUT2D eigenvalue weighted by Crippen LogP contribution is 2.27. The zero-order valence-corrected chi connectivity index (χ0v) is 11.9. The van der Waals surface area contributed by atoms with E-state index in [0.717, 1.165) is 0 Å². The first-order chi connectivity index (χ1) is 10.5. The Kier molecular flexibility index (Phi) is 4.00. The number of rotatable bonds is 3. The molecule has 0 spiro atoms. The number of aliphatic hydroxyl groups is 3. The first kappa shape index (κ1) is 15.2. The van der Waals surface area contributed by atoms with Crippen molar-refractivity contribution in [2.45, 2.75) is 44.1 Å². The molecule has 3 N–H and O–H groups in total. The van der Waals surface area contributed by atoms with Gasteiger partial charge in [0.15, 0.2) is 6.23 Å². The Morgan fingerprint density at radius 2 is 2.09 bits per heavy atom. The van der Waals surface area contributed by atoms with Crippen LogP contribution in [0.15, 0.2) is 6.20 Å². The molecule has 0 aromatic carbocycles. The second kappa shape index (κ2) is 5.80. The average molecular weight is 314 g/mol. The van der Waals surface area contributed by atoms with Crippen LogP contribution in [0, 0.1) is 0 Å². The Labute approximate surface area is 125 Å². The number of cyclic esters (lactones) is 1. The van der Waals surface area contributed by atoms with Gasteiger partial charge in [-0.2, -0.15) is 0 Å². The summed E-state index contributed by atoms with van der Waals surface area (Å²) in [5, 5.41) is 37.3. The molecule has 22 heavy (non-hydrogen) atoms. The first-order valence-electron chi connectivity index (χ1n) is 6.99. The van der Waals surface area contributed by atoms with E-state index < -0.39 is 36.7 Å². The standard InChI is InChI=1S/C12H18N4O6/c1-6-8(17)9(18)10(19)11(22-6)16-5-7(13-14-16)4-15-2-3-21-12(15)20/h5-6,8-11,17-19H,2-4H2,1H3/t6-,8-,9+,10+,11+/m0/s1. The van der Waals surface area contributed by atoms with E-state index in [1.165, 1.54) is 15.8 Å². The lowest BCUT2D eigenvalue weighted by Gasteiger charge is -2.38. The molecule has 0 radical (unpaired) electrons. The van der Waals surface area contributed by atoms with Crippen LogP contribution >= 0.6 is 0 Å². The maximum atomic E-state index is 11.4. The molecule has 2 aliphatic rings. The van der Waals surface area contributed by atoms with Gasteiger partial charge in [0.25, 0.3) is 0 Å². The monoisotopic (exact) mass is 314 g/mol. The molecule has 10 nitrogen and oxygen atoms in total. The molecule has 0 aliphatic carbocycles. The quantitative estimate of drug-likeness (QED) is 0.597. The maximum absolute atomic E-state index is 11.4. The van der Waals surface area contributed by atoms with E-state index >= 15 is 0 Å². The van der Waals surface area contributed by atoms with Crippen LogP contribution in [0.4, 0.5) is 4.79 Å². The molecule has 0 saturated carbocycles. The highest BCUT2D eigenvalue weighted by Gasteiger charge is 2.43. The van der Waals surface area contributed by atoms with Crippen molar-refractivity contribution in [2.75, 3.05) is 13.2 Å². The molecule has 1 amide bonds. The summed E-state index contributed by atoms with van der Waals surface area (Å²) < 4.78 is 11.6. The normalized spacial score (nSPS) is 35.7. The van der Waals surface area contributed by atoms with Crippen molar-refractivity contribution < 1.29 is 29.6 Å². The third kappa shape index (κ3) is 2.65. The number of ether oxygens (including phenoxy) is 2. The third-order valence-electron chi connectivity index (χ3n) is 3.84. The average Bonchev–Trinajstić information content (AvgIpc) is 3.11. The molecule has 10 heteroatoms. The topological polar surface area (TPSA) is 130 Å². The Balaban J connectivity index is 1.71. The maximum Gasteiger partial charge on any atom is 0.410 e. The predicted octanol–water partition coefficient (Wildman–Crippen LogP) is -1.77. The van der Waals surface area contributed by atoms with Crippen LogP contribution < -0.4 is 0 Å². The lowest BCUT2D eigenvalue weighted by molar-refractivity contribution is -0.243. The number of aromatic nitrogens is 3. The predicted molar refractivity (Wildman–Crippen MR) is 69.4 cm³/mol. The molecule has 3 heterocycles. The van der Waals surface area contributed by atoms with Gasteiger partial charge in [-0.15, -0.1) is 5.10 Å².